The monoisotopic (exact) mass is 1570 g/mol. The average Bonchev–Trinajstić information content (AvgIpc) is 1.65. The summed E-state index contributed by atoms with van der Waals surface area (Å²) >= 11 is 0. The van der Waals surface area contributed by atoms with Crippen molar-refractivity contribution in [1.82, 2.24) is 68.1 Å². The van der Waals surface area contributed by atoms with E-state index in [1.807, 2.05) is 150 Å². The molecular formula is C90H114N22O4. The SMILES string of the molecule is CCC(CO)Nc1cc(NCc2ccc(-c3ccccn3)cc2)c2ncn(C(C)C)c2n1.CCC(CO)Nc1cc(NCc2ccccc2)c2ncn(C(C)C)c2n1.CC[C@H](CO)Nc1cc(NCc2ccc(-c3ccccn3)cc2)c2ncn(C(C)C)c2n1.CC[C@H](CO)Nc1cc(NCc2ccccc2)c2ncn(C(C)C)c2n1. The number of nitrogens with zero attached hydrogens (tertiary/aromatic N) is 14. The van der Waals surface area contributed by atoms with Crippen LogP contribution >= 0.6 is 0 Å². The van der Waals surface area contributed by atoms with Crippen LogP contribution in [0.25, 0.3) is 67.2 Å². The predicted molar refractivity (Wildman–Crippen MR) is 472 cm³/mol. The standard InChI is InChI=1S/2C25H30N6O.2C20H27N5O/c2*1-4-20(15-32)29-23-13-22(24-25(30-23)31(16-28-24)17(2)3)27-14-18-8-10-19(11-9-18)21-7-5-6-12-26-21;2*1-4-16(12-26)23-18-10-17(21-11-15-8-6-5-7-9-15)19-20(24-18)25(13-22-19)14(2)3/h2*5-13,16-17,20,32H,4,14-15H2,1-3H3,(H2,27,29,30);2*5-10,13-14,16,26H,4,11-12H2,1-3H3,(H2,21,23,24)/t20-;;16-;/m1.1./s1. The minimum absolute atomic E-state index is 0.0163. The van der Waals surface area contributed by atoms with E-state index in [-0.39, 0.29) is 74.8 Å². The van der Waals surface area contributed by atoms with Gasteiger partial charge >= 0.3 is 0 Å². The molecule has 0 saturated heterocycles. The van der Waals surface area contributed by atoms with E-state index in [0.717, 1.165) is 150 Å². The van der Waals surface area contributed by atoms with Gasteiger partial charge in [0, 0.05) is 98.1 Å². The van der Waals surface area contributed by atoms with E-state index < -0.39 is 0 Å². The Morgan fingerprint density at radius 2 is 0.534 bits per heavy atom. The van der Waals surface area contributed by atoms with Crippen molar-refractivity contribution in [2.24, 2.45) is 0 Å². The molecule has 0 saturated carbocycles. The largest absolute Gasteiger partial charge is 0.394 e. The Morgan fingerprint density at radius 1 is 0.293 bits per heavy atom. The maximum Gasteiger partial charge on any atom is 0.164 e. The molecule has 0 spiro atoms. The number of rotatable bonds is 34. The number of hydrogen-bond donors (Lipinski definition) is 12. The first-order chi connectivity index (χ1) is 56.4. The third-order valence-electron chi connectivity index (χ3n) is 20.1. The van der Waals surface area contributed by atoms with Gasteiger partial charge in [0.15, 0.2) is 22.6 Å². The molecule has 0 amide bonds. The zero-order valence-electron chi connectivity index (χ0n) is 68.8. The maximum atomic E-state index is 9.60. The summed E-state index contributed by atoms with van der Waals surface area (Å²) in [6, 6.07) is 58.0. The molecule has 0 aliphatic carbocycles. The van der Waals surface area contributed by atoms with Gasteiger partial charge in [-0.25, -0.2) is 39.9 Å². The third kappa shape index (κ3) is 22.3. The summed E-state index contributed by atoms with van der Waals surface area (Å²) in [5.41, 5.74) is 19.3. The number of fused-ring (bicyclic) bond motifs is 4. The predicted octanol–water partition coefficient (Wildman–Crippen LogP) is 17.4. The summed E-state index contributed by atoms with van der Waals surface area (Å²) in [6.07, 6.45) is 14.2. The topological polar surface area (TPSA) is 326 Å². The summed E-state index contributed by atoms with van der Waals surface area (Å²) in [4.78, 5) is 46.3. The highest BCUT2D eigenvalue weighted by Crippen LogP contribution is 2.33. The molecule has 0 radical (unpaired) electrons. The number of anilines is 8. The van der Waals surface area contributed by atoms with Gasteiger partial charge in [0.1, 0.15) is 45.3 Å². The zero-order valence-corrected chi connectivity index (χ0v) is 68.8. The van der Waals surface area contributed by atoms with Gasteiger partial charge in [-0.3, -0.25) is 9.97 Å². The number of imidazole rings is 4. The summed E-state index contributed by atoms with van der Waals surface area (Å²) in [5.74, 6) is 2.95. The molecule has 26 nitrogen and oxygen atoms in total. The molecule has 14 aromatic rings. The van der Waals surface area contributed by atoms with Crippen LogP contribution in [0.5, 0.6) is 0 Å². The summed E-state index contributed by atoms with van der Waals surface area (Å²) in [7, 11) is 0. The zero-order chi connectivity index (χ0) is 82.0. The van der Waals surface area contributed by atoms with Crippen molar-refractivity contribution < 1.29 is 20.4 Å². The fourth-order valence-electron chi connectivity index (χ4n) is 13.0. The van der Waals surface area contributed by atoms with Crippen molar-refractivity contribution in [2.45, 2.75) is 183 Å². The van der Waals surface area contributed by atoms with Gasteiger partial charge in [-0.2, -0.15) is 0 Å². The van der Waals surface area contributed by atoms with Crippen LogP contribution in [-0.4, -0.2) is 139 Å². The fraction of sp³-hybridized carbons (Fsp3) is 0.356. The van der Waals surface area contributed by atoms with Crippen molar-refractivity contribution in [3.63, 3.8) is 0 Å². The second-order valence-electron chi connectivity index (χ2n) is 29.8. The molecule has 26 heteroatoms. The lowest BCUT2D eigenvalue weighted by Gasteiger charge is -2.17. The number of aromatic nitrogens is 14. The minimum Gasteiger partial charge on any atom is -0.394 e. The van der Waals surface area contributed by atoms with Crippen molar-refractivity contribution in [3.05, 3.63) is 230 Å². The Morgan fingerprint density at radius 3 is 0.750 bits per heavy atom. The molecule has 4 atom stereocenters. The number of aliphatic hydroxyl groups excluding tert-OH is 4. The Kier molecular flexibility index (Phi) is 30.5. The molecule has 14 rings (SSSR count). The van der Waals surface area contributed by atoms with E-state index in [2.05, 4.69) is 219 Å². The lowest BCUT2D eigenvalue weighted by atomic mass is 10.1. The molecule has 4 aromatic carbocycles. The first-order valence-electron chi connectivity index (χ1n) is 40.5. The van der Waals surface area contributed by atoms with Crippen LogP contribution in [0, 0.1) is 0 Å². The quantitative estimate of drug-likeness (QED) is 0.0178. The molecule has 0 aliphatic heterocycles. The van der Waals surface area contributed by atoms with Gasteiger partial charge in [-0.1, -0.05) is 149 Å². The van der Waals surface area contributed by atoms with Gasteiger partial charge in [0.25, 0.3) is 0 Å². The van der Waals surface area contributed by atoms with Gasteiger partial charge < -0.3 is 81.2 Å². The normalized spacial score (nSPS) is 12.4. The minimum atomic E-state index is -0.0395. The molecule has 0 bridgehead atoms. The molecule has 608 valence electrons. The first-order valence-corrected chi connectivity index (χ1v) is 40.5. The van der Waals surface area contributed by atoms with Crippen LogP contribution in [0.1, 0.15) is 155 Å². The van der Waals surface area contributed by atoms with Crippen LogP contribution in [-0.2, 0) is 26.2 Å². The molecule has 10 aromatic heterocycles. The smallest absolute Gasteiger partial charge is 0.164 e. The van der Waals surface area contributed by atoms with Gasteiger partial charge in [-0.05, 0) is 128 Å². The molecule has 0 aliphatic rings. The molecule has 0 fully saturated rings. The van der Waals surface area contributed by atoms with Crippen LogP contribution in [0.15, 0.2) is 208 Å². The summed E-state index contributed by atoms with van der Waals surface area (Å²) in [6.45, 7) is 28.1. The van der Waals surface area contributed by atoms with Gasteiger partial charge in [0.05, 0.1) is 110 Å². The van der Waals surface area contributed by atoms with Crippen LogP contribution < -0.4 is 42.5 Å². The van der Waals surface area contributed by atoms with Gasteiger partial charge in [0.2, 0.25) is 0 Å². The summed E-state index contributed by atoms with van der Waals surface area (Å²) < 4.78 is 8.25. The lowest BCUT2D eigenvalue weighted by molar-refractivity contribution is 0.271. The number of hydrogen-bond acceptors (Lipinski definition) is 22. The third-order valence-corrected chi connectivity index (χ3v) is 20.1. The Labute approximate surface area is 680 Å². The van der Waals surface area contributed by atoms with Crippen molar-refractivity contribution in [2.75, 3.05) is 69.0 Å². The van der Waals surface area contributed by atoms with Gasteiger partial charge in [-0.15, -0.1) is 0 Å². The average molecular weight is 1570 g/mol. The van der Waals surface area contributed by atoms with Crippen molar-refractivity contribution >= 4 is 90.7 Å². The van der Waals surface area contributed by atoms with E-state index >= 15 is 0 Å². The highest BCUT2D eigenvalue weighted by molar-refractivity contribution is 5.91. The second kappa shape index (κ2) is 41.8. The van der Waals surface area contributed by atoms with E-state index in [4.69, 9.17) is 19.9 Å². The van der Waals surface area contributed by atoms with Crippen LogP contribution in [0.3, 0.4) is 0 Å². The summed E-state index contributed by atoms with van der Waals surface area (Å²) in [5, 5.41) is 65.6. The number of benzene rings is 4. The number of nitrogens with one attached hydrogen (secondary N) is 8. The lowest BCUT2D eigenvalue weighted by Crippen LogP contribution is -2.23. The van der Waals surface area contributed by atoms with E-state index in [0.29, 0.717) is 26.2 Å². The molecule has 10 heterocycles. The number of aliphatic hydroxyl groups is 4. The molecular weight excluding hydrogens is 1450 g/mol. The second-order valence-corrected chi connectivity index (χ2v) is 29.8. The van der Waals surface area contributed by atoms with E-state index in [1.54, 1.807) is 12.4 Å². The maximum absolute atomic E-state index is 9.60. The molecule has 2 unspecified atom stereocenters. The fourth-order valence-corrected chi connectivity index (χ4v) is 13.0. The Balaban J connectivity index is 0.000000153. The van der Waals surface area contributed by atoms with Crippen LogP contribution in [0.2, 0.25) is 0 Å². The number of pyridine rings is 6. The van der Waals surface area contributed by atoms with Crippen LogP contribution in [0.4, 0.5) is 46.0 Å². The Hall–Kier alpha value is -12.1. The first kappa shape index (κ1) is 84.8. The Bertz CT molecular complexity index is 4960. The highest BCUT2D eigenvalue weighted by Gasteiger charge is 2.21. The van der Waals surface area contributed by atoms with E-state index in [1.165, 1.54) is 11.1 Å². The highest BCUT2D eigenvalue weighted by atomic mass is 16.3. The van der Waals surface area contributed by atoms with Crippen molar-refractivity contribution in [1.29, 1.82) is 0 Å². The molecule has 116 heavy (non-hydrogen) atoms. The molecule has 12 N–H and O–H groups in total. The van der Waals surface area contributed by atoms with E-state index in [9.17, 15) is 20.4 Å². The van der Waals surface area contributed by atoms with Crippen molar-refractivity contribution in [3.8, 4) is 22.5 Å².